The van der Waals surface area contributed by atoms with Crippen LogP contribution < -0.4 is 4.74 Å². The van der Waals surface area contributed by atoms with Crippen molar-refractivity contribution in [1.29, 1.82) is 0 Å². The molecule has 428 valence electrons. The average molecular weight is 1080 g/mol. The second kappa shape index (κ2) is 29.2. The number of aliphatic hydroxyl groups is 1. The molecule has 20 nitrogen and oxygen atoms in total. The zero-order valence-corrected chi connectivity index (χ0v) is 47.3. The van der Waals surface area contributed by atoms with Crippen molar-refractivity contribution in [2.45, 2.75) is 181 Å². The Bertz CT molecular complexity index is 2250. The van der Waals surface area contributed by atoms with Crippen LogP contribution in [0.2, 0.25) is 0 Å². The quantitative estimate of drug-likeness (QED) is 0.108. The monoisotopic (exact) mass is 1080 g/mol. The Morgan fingerprint density at radius 1 is 0.623 bits per heavy atom. The summed E-state index contributed by atoms with van der Waals surface area (Å²) in [4.78, 5) is 83.2. The molecule has 6 aliphatic rings. The van der Waals surface area contributed by atoms with Gasteiger partial charge in [0, 0.05) is 56.3 Å². The summed E-state index contributed by atoms with van der Waals surface area (Å²) in [6.07, 6.45) is 18.3. The molecule has 0 radical (unpaired) electrons. The molecule has 2 aromatic heterocycles. The van der Waals surface area contributed by atoms with E-state index in [1.165, 1.54) is 19.0 Å². The molecule has 3 saturated carbocycles. The molecule has 3 aliphatic carbocycles. The van der Waals surface area contributed by atoms with Crippen molar-refractivity contribution in [3.8, 4) is 11.5 Å². The first-order valence-corrected chi connectivity index (χ1v) is 27.8. The first-order valence-electron chi connectivity index (χ1n) is 27.8. The lowest BCUT2D eigenvalue weighted by Crippen LogP contribution is -2.55. The number of piperidine rings is 1. The lowest BCUT2D eigenvalue weighted by molar-refractivity contribution is -0.148. The molecule has 0 spiro atoms. The van der Waals surface area contributed by atoms with Crippen LogP contribution in [-0.2, 0) is 33.3 Å². The number of carbonyl (C=O) groups is 6. The zero-order chi connectivity index (χ0) is 56.5. The van der Waals surface area contributed by atoms with Crippen molar-refractivity contribution >= 4 is 36.1 Å². The summed E-state index contributed by atoms with van der Waals surface area (Å²) in [7, 11) is 0. The topological polar surface area (TPSA) is 249 Å². The lowest BCUT2D eigenvalue weighted by Gasteiger charge is -2.40. The molecular formula is C57H87N7O13. The second-order valence-electron chi connectivity index (χ2n) is 23.6. The van der Waals surface area contributed by atoms with E-state index >= 15 is 0 Å². The minimum Gasteiger partial charge on any atom is -0.506 e. The fourth-order valence-electron chi connectivity index (χ4n) is 8.99. The van der Waals surface area contributed by atoms with Gasteiger partial charge in [-0.25, -0.2) is 14.4 Å². The van der Waals surface area contributed by atoms with Gasteiger partial charge >= 0.3 is 30.2 Å². The summed E-state index contributed by atoms with van der Waals surface area (Å²) in [5, 5.41) is 25.4. The van der Waals surface area contributed by atoms with Crippen LogP contribution in [0.4, 0.5) is 14.4 Å². The number of pyridine rings is 2. The number of aromatic hydroxyl groups is 1. The standard InChI is InChI=1S/C22H32N2O5.C13H21N3O2.C13H17NO3.C9H17NO3/c1-14(2)20(25)28-12-16-9-19(16)15-8-18(11-23-10-15)27-13-17-6-7-24(17)21(26)29-22(3,4)5;17-12(11-7-3-1-4-8-11)14-15-13(18)16-9-5-2-6-10-16;1-8(2)13(16)17-7-10-4-12(10)9-3-11(15)6-14-5-9;1-9(2,3)13-8(12)10-5-4-7(10)6-11/h8,10-11,14,16-17,19H,6-7,9,12-13H2,1-5H3;11H,1-10H2;3,5-6,8,10,12,15H,4,7H2,1-2H3;7,11H,4-6H2,1-3H3/t16-,17+,19-;;10-,12-;/m1.1./s1. The first-order chi connectivity index (χ1) is 36.4. The van der Waals surface area contributed by atoms with Gasteiger partial charge in [0.15, 0.2) is 0 Å². The van der Waals surface area contributed by atoms with Crippen molar-refractivity contribution in [3.05, 3.63) is 48.0 Å². The van der Waals surface area contributed by atoms with E-state index in [1.54, 1.807) is 33.2 Å². The number of likely N-dealkylation sites (tertiary alicyclic amines) is 3. The maximum atomic E-state index is 12.2. The Kier molecular flexibility index (Phi) is 23.5. The van der Waals surface area contributed by atoms with Gasteiger partial charge in [0.25, 0.3) is 5.91 Å². The third-order valence-corrected chi connectivity index (χ3v) is 14.0. The van der Waals surface area contributed by atoms with E-state index in [0.717, 1.165) is 88.4 Å². The van der Waals surface area contributed by atoms with Crippen LogP contribution in [0.25, 0.3) is 0 Å². The van der Waals surface area contributed by atoms with Crippen LogP contribution in [-0.4, -0.2) is 147 Å². The van der Waals surface area contributed by atoms with Crippen molar-refractivity contribution in [2.75, 3.05) is 52.6 Å². The van der Waals surface area contributed by atoms with Crippen molar-refractivity contribution in [3.63, 3.8) is 0 Å². The highest BCUT2D eigenvalue weighted by molar-refractivity contribution is 5.82. The van der Waals surface area contributed by atoms with Gasteiger partial charge in [-0.3, -0.25) is 24.4 Å². The highest BCUT2D eigenvalue weighted by atomic mass is 16.6. The number of hydrogen-bond donors (Lipinski definition) is 2. The number of amides is 5. The van der Waals surface area contributed by atoms with Crippen LogP contribution in [0.5, 0.6) is 11.5 Å². The molecule has 3 aliphatic heterocycles. The van der Waals surface area contributed by atoms with Crippen LogP contribution in [0.1, 0.15) is 169 Å². The molecule has 5 amide bonds. The molecule has 0 bridgehead atoms. The van der Waals surface area contributed by atoms with Gasteiger partial charge in [0.1, 0.15) is 29.3 Å². The number of aliphatic hydroxyl groups excluding tert-OH is 1. The fraction of sp³-hybridized carbons (Fsp3) is 0.719. The molecule has 0 aromatic carbocycles. The summed E-state index contributed by atoms with van der Waals surface area (Å²) >= 11 is 0. The third kappa shape index (κ3) is 21.1. The lowest BCUT2D eigenvalue weighted by atomic mass is 9.89. The Hall–Kier alpha value is -5.92. The van der Waals surface area contributed by atoms with Crippen LogP contribution >= 0.6 is 0 Å². The number of azo groups is 1. The summed E-state index contributed by atoms with van der Waals surface area (Å²) in [6.45, 7) is 22.7. The molecule has 77 heavy (non-hydrogen) atoms. The van der Waals surface area contributed by atoms with E-state index in [4.69, 9.17) is 28.8 Å². The summed E-state index contributed by atoms with van der Waals surface area (Å²) < 4.78 is 27.0. The van der Waals surface area contributed by atoms with Crippen molar-refractivity contribution < 1.29 is 62.7 Å². The third-order valence-electron chi connectivity index (χ3n) is 14.0. The molecule has 6 fully saturated rings. The summed E-state index contributed by atoms with van der Waals surface area (Å²) in [5.41, 5.74) is 1.18. The van der Waals surface area contributed by atoms with E-state index < -0.39 is 11.2 Å². The normalized spacial score (nSPS) is 22.8. The van der Waals surface area contributed by atoms with E-state index in [0.29, 0.717) is 62.3 Å². The molecule has 1 unspecified atom stereocenters. The Labute approximate surface area is 455 Å². The smallest absolute Gasteiger partial charge is 0.410 e. The first kappa shape index (κ1) is 61.9. The van der Waals surface area contributed by atoms with Crippen molar-refractivity contribution in [1.82, 2.24) is 24.7 Å². The maximum Gasteiger partial charge on any atom is 0.410 e. The predicted octanol–water partition coefficient (Wildman–Crippen LogP) is 10.0. The SMILES string of the molecule is CC(C)(C)OC(=O)N1CCC1CO.CC(C)C(=O)OC[C@H]1C[C@@H]1c1cncc(O)c1.CC(C)C(=O)OC[C@H]1C[C@@H]1c1cncc(OC[C@@H]2CCN2C(=O)OC(C)(C)C)c1.O=C(N=NC(=O)N1CCCCC1)C1CCCCC1. The Morgan fingerprint density at radius 3 is 1.58 bits per heavy atom. The average Bonchev–Trinajstić information content (AvgIpc) is 4.30. The maximum absolute atomic E-state index is 12.2. The molecule has 3 saturated heterocycles. The number of esters is 2. The van der Waals surface area contributed by atoms with Gasteiger partial charge in [0.2, 0.25) is 0 Å². The molecule has 2 N–H and O–H groups in total. The van der Waals surface area contributed by atoms with E-state index in [2.05, 4.69) is 20.2 Å². The fourth-order valence-corrected chi connectivity index (χ4v) is 8.99. The molecule has 5 heterocycles. The number of rotatable bonds is 13. The van der Waals surface area contributed by atoms with Crippen molar-refractivity contribution in [2.24, 2.45) is 39.8 Å². The summed E-state index contributed by atoms with van der Waals surface area (Å²) in [6, 6.07) is 3.37. The van der Waals surface area contributed by atoms with E-state index in [1.807, 2.05) is 81.5 Å². The minimum absolute atomic E-state index is 0.00310. The minimum atomic E-state index is -0.499. The predicted molar refractivity (Wildman–Crippen MR) is 286 cm³/mol. The summed E-state index contributed by atoms with van der Waals surface area (Å²) in [5.74, 6) is 1.65. The number of nitrogens with zero attached hydrogens (tertiary/aromatic N) is 7. The van der Waals surface area contributed by atoms with E-state index in [9.17, 15) is 33.9 Å². The highest BCUT2D eigenvalue weighted by Crippen LogP contribution is 2.49. The number of urea groups is 1. The number of ether oxygens (including phenoxy) is 5. The van der Waals surface area contributed by atoms with Gasteiger partial charge < -0.3 is 48.6 Å². The van der Waals surface area contributed by atoms with Gasteiger partial charge in [-0.1, -0.05) is 52.1 Å². The van der Waals surface area contributed by atoms with Crippen LogP contribution in [0.3, 0.4) is 0 Å². The molecule has 2 aromatic rings. The molecule has 6 atom stereocenters. The van der Waals surface area contributed by atoms with Gasteiger partial charge in [-0.15, -0.1) is 5.11 Å². The number of aromatic nitrogens is 2. The Balaban J connectivity index is 0.000000199. The number of carbonyl (C=O) groups excluding carboxylic acids is 6. The molecule has 20 heteroatoms. The number of hydrogen-bond acceptors (Lipinski definition) is 15. The van der Waals surface area contributed by atoms with E-state index in [-0.39, 0.29) is 78.3 Å². The zero-order valence-electron chi connectivity index (χ0n) is 47.3. The van der Waals surface area contributed by atoms with Gasteiger partial charge in [-0.2, -0.15) is 0 Å². The molecule has 8 rings (SSSR count). The van der Waals surface area contributed by atoms with Crippen LogP contribution in [0, 0.1) is 29.6 Å². The molecular weight excluding hydrogens is 991 g/mol. The largest absolute Gasteiger partial charge is 0.506 e. The second-order valence-corrected chi connectivity index (χ2v) is 23.6. The van der Waals surface area contributed by atoms with Crippen LogP contribution in [0.15, 0.2) is 47.1 Å². The highest BCUT2D eigenvalue weighted by Gasteiger charge is 2.41. The Morgan fingerprint density at radius 2 is 1.12 bits per heavy atom. The van der Waals surface area contributed by atoms with Gasteiger partial charge in [0.05, 0.1) is 56.1 Å². The van der Waals surface area contributed by atoms with Gasteiger partial charge in [-0.05, 0) is 134 Å².